The normalized spacial score (nSPS) is 11.2. The van der Waals surface area contributed by atoms with Gasteiger partial charge in [-0.2, -0.15) is 0 Å². The summed E-state index contributed by atoms with van der Waals surface area (Å²) in [5.41, 5.74) is 3.83. The predicted octanol–water partition coefficient (Wildman–Crippen LogP) is 2.73. The summed E-state index contributed by atoms with van der Waals surface area (Å²) in [6.45, 7) is 0. The topological polar surface area (TPSA) is 91.5 Å². The molecule has 2 aromatic heterocycles. The molecule has 0 saturated carbocycles. The van der Waals surface area contributed by atoms with E-state index in [1.807, 2.05) is 48.5 Å². The second-order valence-electron chi connectivity index (χ2n) is 6.27. The monoisotopic (exact) mass is 346 g/mol. The van der Waals surface area contributed by atoms with Gasteiger partial charge in [0, 0.05) is 0 Å². The van der Waals surface area contributed by atoms with Gasteiger partial charge >= 0.3 is 0 Å². The highest BCUT2D eigenvalue weighted by molar-refractivity contribution is 5.74. The smallest absolute Gasteiger partial charge is 0.270 e. The van der Waals surface area contributed by atoms with Gasteiger partial charge in [-0.25, -0.2) is 9.97 Å². The Morgan fingerprint density at radius 2 is 1.08 bits per heavy atom. The maximum atomic E-state index is 12.1. The summed E-state index contributed by atoms with van der Waals surface area (Å²) < 4.78 is 0. The average molecular weight is 346 g/mol. The van der Waals surface area contributed by atoms with Crippen molar-refractivity contribution in [2.45, 2.75) is 25.7 Å². The van der Waals surface area contributed by atoms with Crippen molar-refractivity contribution in [2.75, 3.05) is 0 Å². The van der Waals surface area contributed by atoms with E-state index in [0.29, 0.717) is 24.2 Å². The van der Waals surface area contributed by atoms with Crippen LogP contribution < -0.4 is 11.1 Å². The maximum Gasteiger partial charge on any atom is 0.270 e. The minimum atomic E-state index is -0.148. The first kappa shape index (κ1) is 16.2. The van der Waals surface area contributed by atoms with Crippen molar-refractivity contribution in [3.63, 3.8) is 0 Å². The number of hydrogen-bond acceptors (Lipinski definition) is 4. The van der Waals surface area contributed by atoms with Crippen LogP contribution in [0, 0.1) is 0 Å². The Kier molecular flexibility index (Phi) is 4.31. The number of benzene rings is 2. The quantitative estimate of drug-likeness (QED) is 0.544. The molecule has 0 aliphatic heterocycles. The van der Waals surface area contributed by atoms with Crippen LogP contribution in [0.5, 0.6) is 0 Å². The second-order valence-corrected chi connectivity index (χ2v) is 6.27. The number of nitrogens with zero attached hydrogens (tertiary/aromatic N) is 2. The molecule has 2 aromatic carbocycles. The van der Waals surface area contributed by atoms with Gasteiger partial charge < -0.3 is 9.97 Å². The van der Waals surface area contributed by atoms with Gasteiger partial charge in [-0.1, -0.05) is 24.3 Å². The number of aryl methyl sites for hydroxylation is 2. The number of aromatic nitrogens is 4. The summed E-state index contributed by atoms with van der Waals surface area (Å²) in [4.78, 5) is 38.8. The number of para-hydroxylation sites is 4. The highest BCUT2D eigenvalue weighted by Gasteiger charge is 2.07. The molecule has 0 atom stereocenters. The molecule has 0 saturated heterocycles. The van der Waals surface area contributed by atoms with Crippen molar-refractivity contribution in [1.82, 2.24) is 19.9 Å². The fourth-order valence-electron chi connectivity index (χ4n) is 3.06. The van der Waals surface area contributed by atoms with Gasteiger partial charge in [-0.05, 0) is 49.9 Å². The Bertz CT molecular complexity index is 1100. The number of rotatable bonds is 5. The molecule has 26 heavy (non-hydrogen) atoms. The Balaban J connectivity index is 1.44. The summed E-state index contributed by atoms with van der Waals surface area (Å²) >= 11 is 0. The van der Waals surface area contributed by atoms with Crippen molar-refractivity contribution in [2.24, 2.45) is 0 Å². The molecule has 0 amide bonds. The number of nitrogens with one attached hydrogen (secondary N) is 2. The summed E-state index contributed by atoms with van der Waals surface area (Å²) in [7, 11) is 0. The average Bonchev–Trinajstić information content (AvgIpc) is 2.65. The van der Waals surface area contributed by atoms with Crippen molar-refractivity contribution >= 4 is 22.1 Å². The van der Waals surface area contributed by atoms with E-state index in [-0.39, 0.29) is 11.1 Å². The van der Waals surface area contributed by atoms with Crippen molar-refractivity contribution in [1.29, 1.82) is 0 Å². The first-order chi connectivity index (χ1) is 12.7. The highest BCUT2D eigenvalue weighted by Crippen LogP contribution is 2.10. The van der Waals surface area contributed by atoms with Gasteiger partial charge in [0.2, 0.25) is 0 Å². The lowest BCUT2D eigenvalue weighted by Gasteiger charge is -2.04. The molecule has 2 N–H and O–H groups in total. The van der Waals surface area contributed by atoms with Gasteiger partial charge in [-0.15, -0.1) is 0 Å². The summed E-state index contributed by atoms with van der Waals surface area (Å²) in [5.74, 6) is 0. The standard InChI is InChI=1S/C20H18N4O2/c25-19-17(21-13-7-1-3-9-15(13)23-19)11-5-6-12-18-20(26)24-16-10-4-2-8-14(16)22-18/h1-4,7-10H,5-6,11-12H2,(H,23,25)(H,24,26). The molecular formula is C20H18N4O2. The Morgan fingerprint density at radius 1 is 0.654 bits per heavy atom. The van der Waals surface area contributed by atoms with Crippen molar-refractivity contribution in [3.05, 3.63) is 80.6 Å². The van der Waals surface area contributed by atoms with Gasteiger partial charge in [0.15, 0.2) is 0 Å². The lowest BCUT2D eigenvalue weighted by atomic mass is 10.1. The van der Waals surface area contributed by atoms with Crippen LogP contribution in [0.15, 0.2) is 58.1 Å². The lowest BCUT2D eigenvalue weighted by Crippen LogP contribution is -2.16. The van der Waals surface area contributed by atoms with E-state index in [4.69, 9.17) is 0 Å². The molecule has 0 fully saturated rings. The molecule has 4 rings (SSSR count). The van der Waals surface area contributed by atoms with E-state index in [0.717, 1.165) is 34.9 Å². The summed E-state index contributed by atoms with van der Waals surface area (Å²) in [6.07, 6.45) is 2.68. The number of hydrogen-bond donors (Lipinski definition) is 2. The molecule has 6 nitrogen and oxygen atoms in total. The number of H-pyrrole nitrogens is 2. The van der Waals surface area contributed by atoms with Crippen LogP contribution >= 0.6 is 0 Å². The SMILES string of the molecule is O=c1[nH]c2ccccc2nc1CCCCc1nc2ccccc2[nH]c1=O. The zero-order valence-corrected chi connectivity index (χ0v) is 14.2. The third-order valence-electron chi connectivity index (χ3n) is 4.42. The van der Waals surface area contributed by atoms with Crippen LogP contribution in [0.4, 0.5) is 0 Å². The zero-order chi connectivity index (χ0) is 17.9. The summed E-state index contributed by atoms with van der Waals surface area (Å²) in [5, 5.41) is 0. The van der Waals surface area contributed by atoms with Crippen LogP contribution in [0.3, 0.4) is 0 Å². The lowest BCUT2D eigenvalue weighted by molar-refractivity contribution is 0.705. The fraction of sp³-hybridized carbons (Fsp3) is 0.200. The van der Waals surface area contributed by atoms with E-state index in [2.05, 4.69) is 19.9 Å². The molecule has 6 heteroatoms. The predicted molar refractivity (Wildman–Crippen MR) is 101 cm³/mol. The molecule has 0 bridgehead atoms. The van der Waals surface area contributed by atoms with E-state index >= 15 is 0 Å². The first-order valence-corrected chi connectivity index (χ1v) is 8.66. The number of aromatic amines is 2. The minimum Gasteiger partial charge on any atom is -0.319 e. The molecular weight excluding hydrogens is 328 g/mol. The van der Waals surface area contributed by atoms with Crippen LogP contribution in [-0.2, 0) is 12.8 Å². The molecule has 2 heterocycles. The molecule has 4 aromatic rings. The molecule has 0 aliphatic carbocycles. The van der Waals surface area contributed by atoms with E-state index in [1.165, 1.54) is 0 Å². The van der Waals surface area contributed by atoms with E-state index in [9.17, 15) is 9.59 Å². The Hall–Kier alpha value is -3.28. The van der Waals surface area contributed by atoms with E-state index < -0.39 is 0 Å². The number of unbranched alkanes of at least 4 members (excludes halogenated alkanes) is 1. The molecule has 0 spiro atoms. The van der Waals surface area contributed by atoms with Gasteiger partial charge in [0.25, 0.3) is 11.1 Å². The third-order valence-corrected chi connectivity index (χ3v) is 4.42. The molecule has 0 radical (unpaired) electrons. The maximum absolute atomic E-state index is 12.1. The highest BCUT2D eigenvalue weighted by atomic mass is 16.1. The van der Waals surface area contributed by atoms with Crippen LogP contribution in [0.2, 0.25) is 0 Å². The Labute approximate surface area is 149 Å². The first-order valence-electron chi connectivity index (χ1n) is 8.66. The van der Waals surface area contributed by atoms with E-state index in [1.54, 1.807) is 0 Å². The van der Waals surface area contributed by atoms with Crippen LogP contribution in [-0.4, -0.2) is 19.9 Å². The zero-order valence-electron chi connectivity index (χ0n) is 14.2. The fourth-order valence-corrected chi connectivity index (χ4v) is 3.06. The van der Waals surface area contributed by atoms with Crippen molar-refractivity contribution in [3.8, 4) is 0 Å². The molecule has 0 unspecified atom stereocenters. The number of fused-ring (bicyclic) bond motifs is 2. The summed E-state index contributed by atoms with van der Waals surface area (Å²) in [6, 6.07) is 15.0. The van der Waals surface area contributed by atoms with Gasteiger partial charge in [-0.3, -0.25) is 9.59 Å². The third kappa shape index (κ3) is 3.26. The Morgan fingerprint density at radius 3 is 1.54 bits per heavy atom. The molecule has 130 valence electrons. The second kappa shape index (κ2) is 6.92. The van der Waals surface area contributed by atoms with Crippen LogP contribution in [0.25, 0.3) is 22.1 Å². The largest absolute Gasteiger partial charge is 0.319 e. The van der Waals surface area contributed by atoms with Crippen molar-refractivity contribution < 1.29 is 0 Å². The van der Waals surface area contributed by atoms with Gasteiger partial charge in [0.1, 0.15) is 11.4 Å². The minimum absolute atomic E-state index is 0.148. The van der Waals surface area contributed by atoms with Gasteiger partial charge in [0.05, 0.1) is 22.1 Å². The van der Waals surface area contributed by atoms with Crippen LogP contribution in [0.1, 0.15) is 24.2 Å². The molecule has 0 aliphatic rings.